The number of methoxy groups -OCH3 is 1. The average molecular weight is 293 g/mol. The van der Waals surface area contributed by atoms with Crippen LogP contribution in [0.25, 0.3) is 0 Å². The summed E-state index contributed by atoms with van der Waals surface area (Å²) >= 11 is 0. The second kappa shape index (κ2) is 7.10. The zero-order chi connectivity index (χ0) is 15.2. The lowest BCUT2D eigenvalue weighted by Crippen LogP contribution is -2.37. The Morgan fingerprint density at radius 3 is 2.95 bits per heavy atom. The predicted molar refractivity (Wildman–Crippen MR) is 81.7 cm³/mol. The highest BCUT2D eigenvalue weighted by atomic mass is 16.5. The van der Waals surface area contributed by atoms with Crippen LogP contribution in [0.4, 0.5) is 16.4 Å². The Morgan fingerprint density at radius 1 is 1.48 bits per heavy atom. The minimum Gasteiger partial charge on any atom is -0.453 e. The van der Waals surface area contributed by atoms with Crippen molar-refractivity contribution in [1.82, 2.24) is 15.3 Å². The number of amides is 1. The molecule has 1 saturated heterocycles. The highest BCUT2D eigenvalue weighted by Gasteiger charge is 2.27. The molecule has 1 fully saturated rings. The number of aromatic nitrogens is 2. The average Bonchev–Trinajstić information content (AvgIpc) is 2.95. The largest absolute Gasteiger partial charge is 0.453 e. The summed E-state index contributed by atoms with van der Waals surface area (Å²) < 4.78 is 4.64. The molecule has 1 atom stereocenters. The second-order valence-electron chi connectivity index (χ2n) is 4.98. The van der Waals surface area contributed by atoms with Crippen LogP contribution in [-0.2, 0) is 11.2 Å². The quantitative estimate of drug-likeness (QED) is 0.854. The summed E-state index contributed by atoms with van der Waals surface area (Å²) in [5.41, 5.74) is 1.12. The number of alkyl carbamates (subject to hydrolysis) is 1. The van der Waals surface area contributed by atoms with Crippen LogP contribution in [0.5, 0.6) is 0 Å². The first-order valence-corrected chi connectivity index (χ1v) is 7.36. The molecular weight excluding hydrogens is 270 g/mol. The van der Waals surface area contributed by atoms with Gasteiger partial charge in [-0.05, 0) is 19.8 Å². The fourth-order valence-corrected chi connectivity index (χ4v) is 2.62. The van der Waals surface area contributed by atoms with Gasteiger partial charge >= 0.3 is 6.09 Å². The van der Waals surface area contributed by atoms with Gasteiger partial charge in [-0.2, -0.15) is 0 Å². The molecule has 116 valence electrons. The molecule has 2 heterocycles. The van der Waals surface area contributed by atoms with E-state index in [4.69, 9.17) is 0 Å². The summed E-state index contributed by atoms with van der Waals surface area (Å²) in [6, 6.07) is 0.0969. The van der Waals surface area contributed by atoms with Crippen molar-refractivity contribution in [3.63, 3.8) is 0 Å². The molecule has 0 radical (unpaired) electrons. The Bertz CT molecular complexity index is 494. The maximum absolute atomic E-state index is 11.3. The molecular formula is C14H23N5O2. The van der Waals surface area contributed by atoms with Gasteiger partial charge in [-0.1, -0.05) is 6.92 Å². The van der Waals surface area contributed by atoms with E-state index in [2.05, 4.69) is 37.2 Å². The molecule has 0 aromatic carbocycles. The van der Waals surface area contributed by atoms with Crippen molar-refractivity contribution in [1.29, 1.82) is 0 Å². The first-order chi connectivity index (χ1) is 10.2. The molecule has 0 aliphatic carbocycles. The third kappa shape index (κ3) is 3.53. The molecule has 0 bridgehead atoms. The minimum atomic E-state index is -0.381. The van der Waals surface area contributed by atoms with E-state index < -0.39 is 0 Å². The van der Waals surface area contributed by atoms with Crippen molar-refractivity contribution in [2.24, 2.45) is 0 Å². The highest BCUT2D eigenvalue weighted by Crippen LogP contribution is 2.26. The van der Waals surface area contributed by atoms with Gasteiger partial charge < -0.3 is 20.3 Å². The third-order valence-corrected chi connectivity index (χ3v) is 3.62. The van der Waals surface area contributed by atoms with Crippen LogP contribution >= 0.6 is 0 Å². The van der Waals surface area contributed by atoms with Gasteiger partial charge in [0.2, 0.25) is 0 Å². The topological polar surface area (TPSA) is 79.4 Å². The molecule has 1 amide bonds. The zero-order valence-corrected chi connectivity index (χ0v) is 12.8. The molecule has 21 heavy (non-hydrogen) atoms. The summed E-state index contributed by atoms with van der Waals surface area (Å²) in [6.45, 7) is 6.58. The Hall–Kier alpha value is -2.05. The molecule has 1 aromatic heterocycles. The van der Waals surface area contributed by atoms with Crippen LogP contribution in [0.1, 0.15) is 25.8 Å². The van der Waals surface area contributed by atoms with Crippen molar-refractivity contribution in [3.05, 3.63) is 11.9 Å². The summed E-state index contributed by atoms with van der Waals surface area (Å²) in [6.07, 6.45) is 2.96. The minimum absolute atomic E-state index is 0.0969. The van der Waals surface area contributed by atoms with Gasteiger partial charge in [0, 0.05) is 25.2 Å². The molecule has 0 spiro atoms. The molecule has 2 rings (SSSR count). The van der Waals surface area contributed by atoms with E-state index in [1.54, 1.807) is 6.33 Å². The van der Waals surface area contributed by atoms with Crippen molar-refractivity contribution < 1.29 is 9.53 Å². The second-order valence-corrected chi connectivity index (χ2v) is 4.98. The fraction of sp³-hybridized carbons (Fsp3) is 0.643. The van der Waals surface area contributed by atoms with Gasteiger partial charge in [-0.15, -0.1) is 0 Å². The van der Waals surface area contributed by atoms with Crippen LogP contribution in [0.3, 0.4) is 0 Å². The molecule has 1 aliphatic rings. The van der Waals surface area contributed by atoms with Gasteiger partial charge in [-0.3, -0.25) is 0 Å². The number of carbonyl (C=O) groups excluding carboxylic acids is 1. The highest BCUT2D eigenvalue weighted by molar-refractivity contribution is 5.68. The molecule has 7 nitrogen and oxygen atoms in total. The summed E-state index contributed by atoms with van der Waals surface area (Å²) in [7, 11) is 1.38. The van der Waals surface area contributed by atoms with Crippen LogP contribution in [0.2, 0.25) is 0 Å². The number of nitrogens with zero attached hydrogens (tertiary/aromatic N) is 3. The lowest BCUT2D eigenvalue weighted by atomic mass is 10.2. The normalized spacial score (nSPS) is 17.7. The molecule has 1 unspecified atom stereocenters. The molecule has 0 saturated carbocycles. The summed E-state index contributed by atoms with van der Waals surface area (Å²) in [5, 5.41) is 6.12. The SMILES string of the molecule is CCNc1ncnc(N2CCC(NC(=O)OC)C2)c1CC. The first kappa shape index (κ1) is 15.3. The number of ether oxygens (including phenoxy) is 1. The van der Waals surface area contributed by atoms with Gasteiger partial charge in [0.15, 0.2) is 0 Å². The van der Waals surface area contributed by atoms with Crippen LogP contribution < -0.4 is 15.5 Å². The standard InChI is InChI=1S/C14H23N5O2/c1-4-11-12(15-5-2)16-9-17-13(11)19-7-6-10(8-19)18-14(20)21-3/h9-10H,4-8H2,1-3H3,(H,18,20)(H,15,16,17). The van der Waals surface area contributed by atoms with Crippen molar-refractivity contribution in [2.75, 3.05) is 37.0 Å². The van der Waals surface area contributed by atoms with Gasteiger partial charge in [0.25, 0.3) is 0 Å². The fourth-order valence-electron chi connectivity index (χ4n) is 2.62. The van der Waals surface area contributed by atoms with Gasteiger partial charge in [-0.25, -0.2) is 14.8 Å². The van der Waals surface area contributed by atoms with Crippen molar-refractivity contribution in [3.8, 4) is 0 Å². The monoisotopic (exact) mass is 293 g/mol. The van der Waals surface area contributed by atoms with E-state index in [0.29, 0.717) is 0 Å². The van der Waals surface area contributed by atoms with E-state index in [0.717, 1.165) is 49.7 Å². The number of hydrogen-bond donors (Lipinski definition) is 2. The molecule has 1 aromatic rings. The Morgan fingerprint density at radius 2 is 2.29 bits per heavy atom. The van der Waals surface area contributed by atoms with Crippen molar-refractivity contribution in [2.45, 2.75) is 32.7 Å². The predicted octanol–water partition coefficient (Wildman–Crippen LogP) is 1.41. The number of hydrogen-bond acceptors (Lipinski definition) is 6. The number of nitrogens with one attached hydrogen (secondary N) is 2. The van der Waals surface area contributed by atoms with E-state index in [-0.39, 0.29) is 12.1 Å². The lowest BCUT2D eigenvalue weighted by Gasteiger charge is -2.22. The lowest BCUT2D eigenvalue weighted by molar-refractivity contribution is 0.167. The van der Waals surface area contributed by atoms with Crippen molar-refractivity contribution >= 4 is 17.7 Å². The number of carbonyl (C=O) groups is 1. The maximum Gasteiger partial charge on any atom is 0.407 e. The third-order valence-electron chi connectivity index (χ3n) is 3.62. The Labute approximate surface area is 125 Å². The van der Waals surface area contributed by atoms with E-state index in [9.17, 15) is 4.79 Å². The Kier molecular flexibility index (Phi) is 5.19. The number of rotatable bonds is 5. The molecule has 1 aliphatic heterocycles. The smallest absolute Gasteiger partial charge is 0.407 e. The van der Waals surface area contributed by atoms with E-state index >= 15 is 0 Å². The first-order valence-electron chi connectivity index (χ1n) is 7.36. The maximum atomic E-state index is 11.3. The van der Waals surface area contributed by atoms with Crippen LogP contribution in [0.15, 0.2) is 6.33 Å². The zero-order valence-electron chi connectivity index (χ0n) is 12.8. The van der Waals surface area contributed by atoms with Crippen LogP contribution in [-0.4, -0.2) is 48.8 Å². The summed E-state index contributed by atoms with van der Waals surface area (Å²) in [5.74, 6) is 1.85. The van der Waals surface area contributed by atoms with Crippen LogP contribution in [0, 0.1) is 0 Å². The van der Waals surface area contributed by atoms with E-state index in [1.807, 2.05) is 6.92 Å². The van der Waals surface area contributed by atoms with Gasteiger partial charge in [0.1, 0.15) is 18.0 Å². The molecule has 7 heteroatoms. The van der Waals surface area contributed by atoms with E-state index in [1.165, 1.54) is 7.11 Å². The number of anilines is 2. The Balaban J connectivity index is 2.12. The van der Waals surface area contributed by atoms with Gasteiger partial charge in [0.05, 0.1) is 13.2 Å². The molecule has 2 N–H and O–H groups in total. The summed E-state index contributed by atoms with van der Waals surface area (Å²) in [4.78, 5) is 22.2.